The van der Waals surface area contributed by atoms with Crippen LogP contribution in [0.2, 0.25) is 0 Å². The zero-order valence-corrected chi connectivity index (χ0v) is 8.95. The van der Waals surface area contributed by atoms with Crippen LogP contribution in [0.5, 0.6) is 5.06 Å². The van der Waals surface area contributed by atoms with E-state index in [2.05, 4.69) is 17.9 Å². The number of amides is 1. The molecule has 1 heterocycles. The molecule has 0 aromatic carbocycles. The summed E-state index contributed by atoms with van der Waals surface area (Å²) in [6, 6.07) is 1.75. The van der Waals surface area contributed by atoms with E-state index in [4.69, 9.17) is 4.74 Å². The summed E-state index contributed by atoms with van der Waals surface area (Å²) < 4.78 is 5.03. The number of hydrogen-bond donors (Lipinski definition) is 2. The standard InChI is InChI=1S/C8H11NO2S2/c1-11-8-6(2-5-13-8)7(10)9-3-4-12/h2,5,12H,3-4H2,1H3,(H,9,10). The predicted molar refractivity (Wildman–Crippen MR) is 57.1 cm³/mol. The summed E-state index contributed by atoms with van der Waals surface area (Å²) in [7, 11) is 1.56. The Balaban J connectivity index is 2.65. The molecule has 0 aliphatic heterocycles. The first-order valence-electron chi connectivity index (χ1n) is 3.80. The van der Waals surface area contributed by atoms with Crippen molar-refractivity contribution in [2.24, 2.45) is 0 Å². The number of rotatable bonds is 4. The number of ether oxygens (including phenoxy) is 1. The van der Waals surface area contributed by atoms with Gasteiger partial charge in [-0.1, -0.05) is 0 Å². The summed E-state index contributed by atoms with van der Waals surface area (Å²) in [4.78, 5) is 11.4. The number of carbonyl (C=O) groups is 1. The summed E-state index contributed by atoms with van der Waals surface area (Å²) >= 11 is 5.41. The van der Waals surface area contributed by atoms with Gasteiger partial charge in [-0.25, -0.2) is 0 Å². The van der Waals surface area contributed by atoms with Crippen LogP contribution in [-0.4, -0.2) is 25.3 Å². The lowest BCUT2D eigenvalue weighted by atomic mass is 10.3. The number of thiophene rings is 1. The fourth-order valence-electron chi connectivity index (χ4n) is 0.886. The molecule has 3 nitrogen and oxygen atoms in total. The first-order chi connectivity index (χ1) is 6.29. The molecular weight excluding hydrogens is 206 g/mol. The van der Waals surface area contributed by atoms with E-state index in [1.807, 2.05) is 5.38 Å². The zero-order chi connectivity index (χ0) is 9.68. The minimum atomic E-state index is -0.104. The van der Waals surface area contributed by atoms with Gasteiger partial charge in [-0.05, 0) is 11.4 Å². The Kier molecular flexibility index (Phi) is 4.11. The molecule has 13 heavy (non-hydrogen) atoms. The number of hydrogen-bond acceptors (Lipinski definition) is 4. The molecule has 0 fully saturated rings. The maximum atomic E-state index is 11.4. The van der Waals surface area contributed by atoms with Crippen LogP contribution in [0, 0.1) is 0 Å². The monoisotopic (exact) mass is 217 g/mol. The largest absolute Gasteiger partial charge is 0.487 e. The highest BCUT2D eigenvalue weighted by Crippen LogP contribution is 2.24. The predicted octanol–water partition coefficient (Wildman–Crippen LogP) is 1.42. The van der Waals surface area contributed by atoms with Gasteiger partial charge >= 0.3 is 0 Å². The van der Waals surface area contributed by atoms with Crippen LogP contribution in [0.3, 0.4) is 0 Å². The Morgan fingerprint density at radius 2 is 2.54 bits per heavy atom. The SMILES string of the molecule is COc1sccc1C(=O)NCCS. The van der Waals surface area contributed by atoms with Crippen molar-refractivity contribution in [3.05, 3.63) is 17.0 Å². The van der Waals surface area contributed by atoms with Crippen molar-refractivity contribution >= 4 is 29.9 Å². The van der Waals surface area contributed by atoms with Gasteiger partial charge in [0.15, 0.2) is 5.06 Å². The molecule has 0 saturated carbocycles. The van der Waals surface area contributed by atoms with Gasteiger partial charge in [0.05, 0.1) is 12.7 Å². The lowest BCUT2D eigenvalue weighted by Crippen LogP contribution is -2.25. The highest BCUT2D eigenvalue weighted by Gasteiger charge is 2.11. The third-order valence-corrected chi connectivity index (χ3v) is 2.55. The van der Waals surface area contributed by atoms with E-state index in [1.165, 1.54) is 11.3 Å². The first kappa shape index (κ1) is 10.4. The number of carbonyl (C=O) groups excluding carboxylic acids is 1. The van der Waals surface area contributed by atoms with Crippen LogP contribution >= 0.6 is 24.0 Å². The Morgan fingerprint density at radius 1 is 1.77 bits per heavy atom. The quantitative estimate of drug-likeness (QED) is 0.749. The molecule has 0 saturated heterocycles. The molecule has 0 aliphatic carbocycles. The maximum absolute atomic E-state index is 11.4. The Labute approximate surface area is 86.5 Å². The Bertz CT molecular complexity index is 285. The number of nitrogens with one attached hydrogen (secondary N) is 1. The van der Waals surface area contributed by atoms with Gasteiger partial charge in [0.25, 0.3) is 5.91 Å². The molecule has 1 aromatic rings. The normalized spacial score (nSPS) is 9.69. The lowest BCUT2D eigenvalue weighted by Gasteiger charge is -2.02. The van der Waals surface area contributed by atoms with Crippen molar-refractivity contribution in [1.82, 2.24) is 5.32 Å². The van der Waals surface area contributed by atoms with Crippen molar-refractivity contribution in [1.29, 1.82) is 0 Å². The van der Waals surface area contributed by atoms with Crippen molar-refractivity contribution in [2.45, 2.75) is 0 Å². The molecular formula is C8H11NO2S2. The van der Waals surface area contributed by atoms with Crippen LogP contribution in [0.4, 0.5) is 0 Å². The Hall–Kier alpha value is -0.680. The van der Waals surface area contributed by atoms with Gasteiger partial charge in [-0.3, -0.25) is 4.79 Å². The highest BCUT2D eigenvalue weighted by atomic mass is 32.1. The molecule has 0 aliphatic rings. The van der Waals surface area contributed by atoms with Crippen LogP contribution in [0.1, 0.15) is 10.4 Å². The van der Waals surface area contributed by atoms with Crippen LogP contribution in [0.25, 0.3) is 0 Å². The van der Waals surface area contributed by atoms with Crippen molar-refractivity contribution < 1.29 is 9.53 Å². The summed E-state index contributed by atoms with van der Waals surface area (Å²) in [5, 5.41) is 5.20. The minimum Gasteiger partial charge on any atom is -0.487 e. The van der Waals surface area contributed by atoms with E-state index < -0.39 is 0 Å². The molecule has 1 rings (SSSR count). The average Bonchev–Trinajstić information content (AvgIpc) is 2.61. The first-order valence-corrected chi connectivity index (χ1v) is 5.31. The van der Waals surface area contributed by atoms with Gasteiger partial charge in [-0.15, -0.1) is 11.3 Å². The van der Waals surface area contributed by atoms with Crippen molar-refractivity contribution in [3.63, 3.8) is 0 Å². The van der Waals surface area contributed by atoms with E-state index in [0.29, 0.717) is 22.9 Å². The maximum Gasteiger partial charge on any atom is 0.255 e. The van der Waals surface area contributed by atoms with E-state index in [-0.39, 0.29) is 5.91 Å². The van der Waals surface area contributed by atoms with Gasteiger partial charge in [0, 0.05) is 12.3 Å². The third-order valence-electron chi connectivity index (χ3n) is 1.46. The van der Waals surface area contributed by atoms with Gasteiger partial charge in [0.2, 0.25) is 0 Å². The molecule has 0 bridgehead atoms. The van der Waals surface area contributed by atoms with E-state index in [0.717, 1.165) is 0 Å². The lowest BCUT2D eigenvalue weighted by molar-refractivity contribution is 0.0954. The van der Waals surface area contributed by atoms with Crippen LogP contribution in [-0.2, 0) is 0 Å². The summed E-state index contributed by atoms with van der Waals surface area (Å²) in [6.07, 6.45) is 0. The third kappa shape index (κ3) is 2.63. The fraction of sp³-hybridized carbons (Fsp3) is 0.375. The average molecular weight is 217 g/mol. The molecule has 0 unspecified atom stereocenters. The fourth-order valence-corrected chi connectivity index (χ4v) is 1.71. The van der Waals surface area contributed by atoms with Crippen molar-refractivity contribution in [3.8, 4) is 5.06 Å². The van der Waals surface area contributed by atoms with Crippen molar-refractivity contribution in [2.75, 3.05) is 19.4 Å². The van der Waals surface area contributed by atoms with Gasteiger partial charge in [0.1, 0.15) is 0 Å². The topological polar surface area (TPSA) is 38.3 Å². The van der Waals surface area contributed by atoms with Crippen LogP contribution in [0.15, 0.2) is 11.4 Å². The number of thiol groups is 1. The number of methoxy groups -OCH3 is 1. The molecule has 1 N–H and O–H groups in total. The molecule has 1 amide bonds. The molecule has 72 valence electrons. The highest BCUT2D eigenvalue weighted by molar-refractivity contribution is 7.80. The van der Waals surface area contributed by atoms with E-state index in [9.17, 15) is 4.79 Å². The molecule has 0 radical (unpaired) electrons. The summed E-state index contributed by atoms with van der Waals surface area (Å²) in [5.74, 6) is 0.533. The molecule has 1 aromatic heterocycles. The summed E-state index contributed by atoms with van der Waals surface area (Å²) in [6.45, 7) is 0.570. The molecule has 0 spiro atoms. The molecule has 5 heteroatoms. The zero-order valence-electron chi connectivity index (χ0n) is 7.24. The van der Waals surface area contributed by atoms with Gasteiger partial charge < -0.3 is 10.1 Å². The second-order valence-electron chi connectivity index (χ2n) is 2.31. The van der Waals surface area contributed by atoms with Crippen LogP contribution < -0.4 is 10.1 Å². The Morgan fingerprint density at radius 3 is 3.15 bits per heavy atom. The second-order valence-corrected chi connectivity index (χ2v) is 3.63. The summed E-state index contributed by atoms with van der Waals surface area (Å²) in [5.41, 5.74) is 0.592. The van der Waals surface area contributed by atoms with E-state index in [1.54, 1.807) is 13.2 Å². The minimum absolute atomic E-state index is 0.104. The molecule has 0 atom stereocenters. The van der Waals surface area contributed by atoms with Gasteiger partial charge in [-0.2, -0.15) is 12.6 Å². The second kappa shape index (κ2) is 5.14. The smallest absolute Gasteiger partial charge is 0.255 e. The van der Waals surface area contributed by atoms with E-state index >= 15 is 0 Å².